The monoisotopic (exact) mass is 190 g/mol. The Kier molecular flexibility index (Phi) is 2.16. The van der Waals surface area contributed by atoms with E-state index in [1.807, 2.05) is 0 Å². The van der Waals surface area contributed by atoms with E-state index in [1.165, 1.54) is 12.8 Å². The third kappa shape index (κ3) is 1.31. The van der Waals surface area contributed by atoms with Gasteiger partial charge in [0.15, 0.2) is 0 Å². The predicted octanol–water partition coefficient (Wildman–Crippen LogP) is 3.04. The normalized spacial score (nSPS) is 43.3. The SMILES string of the molecule is ClC[C@@H](Cl)[C@@H]1C[C@H]2C=C[C@@H]1C2. The van der Waals surface area contributed by atoms with E-state index in [2.05, 4.69) is 12.2 Å². The van der Waals surface area contributed by atoms with Gasteiger partial charge >= 0.3 is 0 Å². The van der Waals surface area contributed by atoms with Crippen LogP contribution >= 0.6 is 23.2 Å². The lowest BCUT2D eigenvalue weighted by molar-refractivity contribution is 0.443. The second-order valence-corrected chi connectivity index (χ2v) is 4.48. The largest absolute Gasteiger partial charge is 0.125 e. The molecule has 2 bridgehead atoms. The Morgan fingerprint density at radius 2 is 2.18 bits per heavy atom. The average Bonchev–Trinajstić information content (AvgIpc) is 2.62. The van der Waals surface area contributed by atoms with Crippen LogP contribution < -0.4 is 0 Å². The Morgan fingerprint density at radius 1 is 1.36 bits per heavy atom. The molecule has 1 fully saturated rings. The Hall–Kier alpha value is 0.320. The standard InChI is InChI=1S/C9H12Cl2/c10-5-9(11)8-4-6-1-2-7(8)3-6/h1-2,6-9H,3-5H2/t6-,7+,8+,9+/m0/s1. The van der Waals surface area contributed by atoms with Crippen LogP contribution in [0.1, 0.15) is 12.8 Å². The van der Waals surface area contributed by atoms with Crippen molar-refractivity contribution in [1.82, 2.24) is 0 Å². The van der Waals surface area contributed by atoms with Crippen LogP contribution in [0.5, 0.6) is 0 Å². The van der Waals surface area contributed by atoms with E-state index in [0.29, 0.717) is 11.8 Å². The fourth-order valence-electron chi connectivity index (χ4n) is 2.35. The zero-order valence-corrected chi connectivity index (χ0v) is 7.85. The highest BCUT2D eigenvalue weighted by atomic mass is 35.5. The lowest BCUT2D eigenvalue weighted by atomic mass is 9.91. The summed E-state index contributed by atoms with van der Waals surface area (Å²) in [5, 5.41) is 0.191. The number of hydrogen-bond acceptors (Lipinski definition) is 0. The predicted molar refractivity (Wildman–Crippen MR) is 49.2 cm³/mol. The minimum absolute atomic E-state index is 0.191. The molecule has 0 unspecified atom stereocenters. The van der Waals surface area contributed by atoms with Gasteiger partial charge in [-0.05, 0) is 30.6 Å². The van der Waals surface area contributed by atoms with Crippen molar-refractivity contribution in [3.8, 4) is 0 Å². The third-order valence-corrected chi connectivity index (χ3v) is 3.91. The second kappa shape index (κ2) is 2.99. The van der Waals surface area contributed by atoms with E-state index in [9.17, 15) is 0 Å². The van der Waals surface area contributed by atoms with Crippen molar-refractivity contribution in [1.29, 1.82) is 0 Å². The van der Waals surface area contributed by atoms with Gasteiger partial charge < -0.3 is 0 Å². The van der Waals surface area contributed by atoms with Gasteiger partial charge in [0.25, 0.3) is 0 Å². The number of hydrogen-bond donors (Lipinski definition) is 0. The molecule has 4 atom stereocenters. The molecule has 0 saturated heterocycles. The van der Waals surface area contributed by atoms with Gasteiger partial charge in [0.05, 0.1) is 5.38 Å². The summed E-state index contributed by atoms with van der Waals surface area (Å²) in [6.45, 7) is 0. The van der Waals surface area contributed by atoms with Crippen LogP contribution in [0.3, 0.4) is 0 Å². The molecule has 0 aromatic carbocycles. The van der Waals surface area contributed by atoms with Crippen molar-refractivity contribution in [2.24, 2.45) is 17.8 Å². The van der Waals surface area contributed by atoms with Crippen molar-refractivity contribution in [3.05, 3.63) is 12.2 Å². The average molecular weight is 191 g/mol. The van der Waals surface area contributed by atoms with E-state index in [1.54, 1.807) is 0 Å². The van der Waals surface area contributed by atoms with Gasteiger partial charge in [-0.3, -0.25) is 0 Å². The van der Waals surface area contributed by atoms with E-state index in [-0.39, 0.29) is 5.38 Å². The third-order valence-electron chi connectivity index (χ3n) is 2.94. The summed E-state index contributed by atoms with van der Waals surface area (Å²) in [7, 11) is 0. The molecule has 62 valence electrons. The topological polar surface area (TPSA) is 0 Å². The molecule has 11 heavy (non-hydrogen) atoms. The lowest BCUT2D eigenvalue weighted by Crippen LogP contribution is -2.20. The van der Waals surface area contributed by atoms with Gasteiger partial charge in [-0.15, -0.1) is 23.2 Å². The van der Waals surface area contributed by atoms with E-state index in [0.717, 1.165) is 11.8 Å². The van der Waals surface area contributed by atoms with Crippen LogP contribution in [0, 0.1) is 17.8 Å². The van der Waals surface area contributed by atoms with E-state index < -0.39 is 0 Å². The number of fused-ring (bicyclic) bond motifs is 2. The first-order chi connectivity index (χ1) is 5.31. The summed E-state index contributed by atoms with van der Waals surface area (Å²) in [4.78, 5) is 0. The van der Waals surface area contributed by atoms with Crippen LogP contribution in [-0.4, -0.2) is 11.3 Å². The van der Waals surface area contributed by atoms with Gasteiger partial charge in [-0.25, -0.2) is 0 Å². The van der Waals surface area contributed by atoms with E-state index in [4.69, 9.17) is 23.2 Å². The van der Waals surface area contributed by atoms with Gasteiger partial charge in [-0.2, -0.15) is 0 Å². The molecule has 0 radical (unpaired) electrons. The summed E-state index contributed by atoms with van der Waals surface area (Å²) in [6.07, 6.45) is 7.24. The zero-order valence-electron chi connectivity index (χ0n) is 6.34. The number of alkyl halides is 2. The fraction of sp³-hybridized carbons (Fsp3) is 0.778. The summed E-state index contributed by atoms with van der Waals surface area (Å²) >= 11 is 11.8. The van der Waals surface area contributed by atoms with Crippen LogP contribution in [0.25, 0.3) is 0 Å². The molecule has 1 saturated carbocycles. The summed E-state index contributed by atoms with van der Waals surface area (Å²) in [6, 6.07) is 0. The Balaban J connectivity index is 2.02. The van der Waals surface area contributed by atoms with Crippen molar-refractivity contribution in [3.63, 3.8) is 0 Å². The first-order valence-corrected chi connectivity index (χ1v) is 5.16. The van der Waals surface area contributed by atoms with Gasteiger partial charge in [-0.1, -0.05) is 12.2 Å². The highest BCUT2D eigenvalue weighted by Gasteiger charge is 2.38. The van der Waals surface area contributed by atoms with E-state index >= 15 is 0 Å². The Morgan fingerprint density at radius 3 is 2.64 bits per heavy atom. The highest BCUT2D eigenvalue weighted by Crippen LogP contribution is 2.46. The van der Waals surface area contributed by atoms with Gasteiger partial charge in [0.1, 0.15) is 0 Å². The maximum absolute atomic E-state index is 6.10. The maximum atomic E-state index is 6.10. The first-order valence-electron chi connectivity index (χ1n) is 4.19. The molecule has 0 amide bonds. The van der Waals surface area contributed by atoms with Gasteiger partial charge in [0, 0.05) is 5.88 Å². The molecule has 0 aliphatic heterocycles. The first kappa shape index (κ1) is 7.94. The Bertz CT molecular complexity index is 176. The summed E-state index contributed by atoms with van der Waals surface area (Å²) < 4.78 is 0. The molecule has 2 rings (SSSR count). The summed E-state index contributed by atoms with van der Waals surface area (Å²) in [5.74, 6) is 2.81. The molecule has 2 aliphatic rings. The van der Waals surface area contributed by atoms with Crippen molar-refractivity contribution < 1.29 is 0 Å². The molecular formula is C9H12Cl2. The Labute approximate surface area is 77.6 Å². The van der Waals surface area contributed by atoms with Crippen molar-refractivity contribution >= 4 is 23.2 Å². The molecule has 0 heterocycles. The van der Waals surface area contributed by atoms with Crippen LogP contribution in [0.4, 0.5) is 0 Å². The number of rotatable bonds is 2. The zero-order chi connectivity index (χ0) is 7.84. The smallest absolute Gasteiger partial charge is 0.0505 e. The molecule has 0 spiro atoms. The maximum Gasteiger partial charge on any atom is 0.0505 e. The van der Waals surface area contributed by atoms with Crippen molar-refractivity contribution in [2.45, 2.75) is 18.2 Å². The summed E-state index contributed by atoms with van der Waals surface area (Å²) in [5.41, 5.74) is 0. The van der Waals surface area contributed by atoms with Crippen LogP contribution in [0.2, 0.25) is 0 Å². The minimum Gasteiger partial charge on any atom is -0.125 e. The second-order valence-electron chi connectivity index (χ2n) is 3.61. The number of allylic oxidation sites excluding steroid dienone is 2. The molecule has 0 N–H and O–H groups in total. The molecule has 0 nitrogen and oxygen atoms in total. The van der Waals surface area contributed by atoms with Crippen LogP contribution in [0.15, 0.2) is 12.2 Å². The highest BCUT2D eigenvalue weighted by molar-refractivity contribution is 6.28. The van der Waals surface area contributed by atoms with Crippen LogP contribution in [-0.2, 0) is 0 Å². The molecule has 2 heteroatoms. The van der Waals surface area contributed by atoms with Gasteiger partial charge in [0.2, 0.25) is 0 Å². The molecule has 0 aromatic rings. The fourth-order valence-corrected chi connectivity index (χ4v) is 2.87. The molecular weight excluding hydrogens is 179 g/mol. The molecule has 2 aliphatic carbocycles. The molecule has 0 aromatic heterocycles. The minimum atomic E-state index is 0.191. The quantitative estimate of drug-likeness (QED) is 0.464. The number of halogens is 2. The lowest BCUT2D eigenvalue weighted by Gasteiger charge is -2.21. The van der Waals surface area contributed by atoms with Crippen molar-refractivity contribution in [2.75, 3.05) is 5.88 Å².